The Morgan fingerprint density at radius 3 is 2.13 bits per heavy atom. The molecule has 46 heavy (non-hydrogen) atoms. The maximum Gasteiger partial charge on any atom is 0.417 e. The number of rotatable bonds is 7. The Labute approximate surface area is 260 Å². The molecule has 2 unspecified atom stereocenters. The van der Waals surface area contributed by atoms with E-state index in [0.717, 1.165) is 9.80 Å². The van der Waals surface area contributed by atoms with Crippen molar-refractivity contribution in [3.05, 3.63) is 70.0 Å². The fraction of sp³-hybridized carbons (Fsp3) is 0.484. The second-order valence-corrected chi connectivity index (χ2v) is 12.0. The Balaban J connectivity index is 1.55. The number of amides is 4. The van der Waals surface area contributed by atoms with Gasteiger partial charge in [0.25, 0.3) is 5.91 Å². The molecule has 4 amide bonds. The molecule has 15 heteroatoms. The molecule has 0 aliphatic carbocycles. The number of ether oxygens (including phenoxy) is 1. The van der Waals surface area contributed by atoms with Crippen LogP contribution in [0.4, 0.5) is 35.5 Å². The lowest BCUT2D eigenvalue weighted by Gasteiger charge is -2.40. The molecule has 2 fully saturated rings. The van der Waals surface area contributed by atoms with E-state index in [-0.39, 0.29) is 44.1 Å². The van der Waals surface area contributed by atoms with Gasteiger partial charge in [-0.05, 0) is 74.2 Å². The number of piperidine rings is 1. The zero-order valence-corrected chi connectivity index (χ0v) is 25.4. The van der Waals surface area contributed by atoms with Crippen molar-refractivity contribution >= 4 is 23.8 Å². The summed E-state index contributed by atoms with van der Waals surface area (Å²) in [7, 11) is 1.26. The topological polar surface area (TPSA) is 87.2 Å². The predicted molar refractivity (Wildman–Crippen MR) is 148 cm³/mol. The lowest BCUT2D eigenvalue weighted by atomic mass is 9.78. The van der Waals surface area contributed by atoms with E-state index in [0.29, 0.717) is 23.3 Å². The van der Waals surface area contributed by atoms with E-state index >= 15 is 0 Å². The van der Waals surface area contributed by atoms with Gasteiger partial charge in [0.1, 0.15) is 5.82 Å². The summed E-state index contributed by atoms with van der Waals surface area (Å²) in [5.74, 6) is -3.72. The average Bonchev–Trinajstić information content (AvgIpc) is 3.14. The van der Waals surface area contributed by atoms with Crippen LogP contribution in [0.1, 0.15) is 60.4 Å². The van der Waals surface area contributed by atoms with E-state index in [1.54, 1.807) is 6.92 Å². The lowest BCUT2D eigenvalue weighted by molar-refractivity contribution is -0.143. The summed E-state index contributed by atoms with van der Waals surface area (Å²) < 4.78 is 99.4. The van der Waals surface area contributed by atoms with Crippen LogP contribution in [-0.4, -0.2) is 70.8 Å². The highest BCUT2D eigenvalue weighted by Gasteiger charge is 2.47. The van der Waals surface area contributed by atoms with Crippen LogP contribution in [0.3, 0.4) is 0 Å². The Morgan fingerprint density at radius 1 is 1.00 bits per heavy atom. The fourth-order valence-corrected chi connectivity index (χ4v) is 5.87. The van der Waals surface area contributed by atoms with Crippen molar-refractivity contribution in [1.29, 1.82) is 0 Å². The van der Waals surface area contributed by atoms with Crippen LogP contribution in [0.2, 0.25) is 0 Å². The Morgan fingerprint density at radius 2 is 1.61 bits per heavy atom. The number of cyclic esters (lactones) is 1. The molecule has 2 aromatic rings. The van der Waals surface area contributed by atoms with Gasteiger partial charge < -0.3 is 14.5 Å². The fourth-order valence-electron chi connectivity index (χ4n) is 5.87. The molecule has 2 heterocycles. The molecule has 2 aliphatic heterocycles. The molecule has 0 saturated carbocycles. The lowest BCUT2D eigenvalue weighted by Crippen LogP contribution is -2.48. The number of imide groups is 1. The second kappa shape index (κ2) is 12.6. The molecule has 2 saturated heterocycles. The van der Waals surface area contributed by atoms with Crippen LogP contribution in [0.5, 0.6) is 0 Å². The van der Waals surface area contributed by atoms with E-state index in [1.807, 2.05) is 0 Å². The summed E-state index contributed by atoms with van der Waals surface area (Å²) in [6.07, 6.45) is -11.1. The highest BCUT2D eigenvalue weighted by molar-refractivity contribution is 6.02. The number of benzene rings is 2. The van der Waals surface area contributed by atoms with Crippen molar-refractivity contribution in [3.8, 4) is 0 Å². The third-order valence-corrected chi connectivity index (χ3v) is 8.23. The van der Waals surface area contributed by atoms with Crippen molar-refractivity contribution in [3.63, 3.8) is 0 Å². The smallest absolute Gasteiger partial charge is 0.417 e. The number of likely N-dealkylation sites (tertiary alicyclic amines) is 1. The van der Waals surface area contributed by atoms with Crippen molar-refractivity contribution in [1.82, 2.24) is 14.7 Å². The van der Waals surface area contributed by atoms with Gasteiger partial charge in [-0.1, -0.05) is 6.07 Å². The summed E-state index contributed by atoms with van der Waals surface area (Å²) in [6.45, 7) is 3.69. The largest absolute Gasteiger partial charge is 0.433 e. The predicted octanol–water partition coefficient (Wildman–Crippen LogP) is 5.91. The van der Waals surface area contributed by atoms with E-state index in [9.17, 15) is 49.9 Å². The first-order chi connectivity index (χ1) is 21.2. The van der Waals surface area contributed by atoms with E-state index in [4.69, 9.17) is 4.74 Å². The average molecular weight is 660 g/mol. The number of hydrogen-bond acceptors (Lipinski definition) is 5. The van der Waals surface area contributed by atoms with Crippen molar-refractivity contribution in [2.45, 2.75) is 64.0 Å². The number of alkyl halides is 6. The third kappa shape index (κ3) is 7.44. The molecule has 0 N–H and O–H groups in total. The SMILES string of the molecule is Cc1cc(F)ccc1C1CN(C(=O)CCN2C(=O)OC(C)(C)C2=O)CCC1C(=O)N(C)Cc1cc(C(F)(F)F)cc(C(F)(F)F)c1. The molecule has 0 radical (unpaired) electrons. The summed E-state index contributed by atoms with van der Waals surface area (Å²) >= 11 is 0. The van der Waals surface area contributed by atoms with E-state index in [1.165, 1.54) is 44.0 Å². The van der Waals surface area contributed by atoms with Gasteiger partial charge in [-0.25, -0.2) is 14.1 Å². The molecule has 2 aliphatic rings. The maximum absolute atomic E-state index is 14.0. The van der Waals surface area contributed by atoms with Crippen LogP contribution in [0.15, 0.2) is 36.4 Å². The van der Waals surface area contributed by atoms with Crippen LogP contribution < -0.4 is 0 Å². The van der Waals surface area contributed by atoms with E-state index in [2.05, 4.69) is 0 Å². The second-order valence-electron chi connectivity index (χ2n) is 12.0. The Bertz CT molecular complexity index is 1510. The van der Waals surface area contributed by atoms with Crippen molar-refractivity contribution in [2.75, 3.05) is 26.7 Å². The first-order valence-electron chi connectivity index (χ1n) is 14.3. The van der Waals surface area contributed by atoms with Gasteiger partial charge >= 0.3 is 18.4 Å². The quantitative estimate of drug-likeness (QED) is 0.345. The zero-order chi connectivity index (χ0) is 34.4. The summed E-state index contributed by atoms with van der Waals surface area (Å²) in [6, 6.07) is 5.02. The molecule has 8 nitrogen and oxygen atoms in total. The molecular weight excluding hydrogens is 627 g/mol. The minimum absolute atomic E-state index is 0.00876. The number of carbonyl (C=O) groups is 4. The van der Waals surface area contributed by atoms with Crippen LogP contribution in [0.25, 0.3) is 0 Å². The van der Waals surface area contributed by atoms with Gasteiger partial charge in [0.15, 0.2) is 5.60 Å². The number of aryl methyl sites for hydroxylation is 1. The Kier molecular flexibility index (Phi) is 9.47. The third-order valence-electron chi connectivity index (χ3n) is 8.23. The van der Waals surface area contributed by atoms with Crippen LogP contribution in [-0.2, 0) is 38.0 Å². The highest BCUT2D eigenvalue weighted by Crippen LogP contribution is 2.38. The number of halogens is 7. The van der Waals surface area contributed by atoms with Crippen molar-refractivity contribution < 1.29 is 54.6 Å². The standard InChI is InChI=1S/C31H32F7N3O5/c1-17-11-21(32)5-6-22(17)24-16-40(25(42)8-10-41-27(44)29(2,3)46-28(41)45)9-7-23(24)26(43)39(4)15-18-12-19(30(33,34)35)14-20(13-18)31(36,37)38/h5-6,11-14,23-24H,7-10,15-16H2,1-4H3. The van der Waals surface area contributed by atoms with Gasteiger partial charge in [-0.15, -0.1) is 0 Å². The van der Waals surface area contributed by atoms with Gasteiger partial charge in [0, 0.05) is 51.5 Å². The highest BCUT2D eigenvalue weighted by atomic mass is 19.4. The summed E-state index contributed by atoms with van der Waals surface area (Å²) in [5, 5.41) is 0. The maximum atomic E-state index is 14.0. The van der Waals surface area contributed by atoms with E-state index < -0.39 is 77.1 Å². The van der Waals surface area contributed by atoms with Crippen LogP contribution in [0, 0.1) is 18.7 Å². The zero-order valence-electron chi connectivity index (χ0n) is 25.4. The normalized spacial score (nSPS) is 20.2. The first kappa shape index (κ1) is 34.7. The molecule has 250 valence electrons. The monoisotopic (exact) mass is 659 g/mol. The number of nitrogens with zero attached hydrogens (tertiary/aromatic N) is 3. The first-order valence-corrected chi connectivity index (χ1v) is 14.3. The van der Waals surface area contributed by atoms with Gasteiger partial charge in [0.2, 0.25) is 11.8 Å². The molecule has 0 aromatic heterocycles. The minimum Gasteiger partial charge on any atom is -0.433 e. The molecular formula is C31H32F7N3O5. The molecule has 0 bridgehead atoms. The van der Waals surface area contributed by atoms with Crippen LogP contribution >= 0.6 is 0 Å². The summed E-state index contributed by atoms with van der Waals surface area (Å²) in [4.78, 5) is 54.8. The number of carbonyl (C=O) groups excluding carboxylic acids is 4. The molecule has 0 spiro atoms. The van der Waals surface area contributed by atoms with Gasteiger partial charge in [-0.2, -0.15) is 26.3 Å². The Hall–Kier alpha value is -4.17. The summed E-state index contributed by atoms with van der Waals surface area (Å²) in [5.41, 5.74) is -3.74. The molecule has 4 rings (SSSR count). The minimum atomic E-state index is -5.05. The number of hydrogen-bond donors (Lipinski definition) is 0. The van der Waals surface area contributed by atoms with Crippen molar-refractivity contribution in [2.24, 2.45) is 5.92 Å². The van der Waals surface area contributed by atoms with Gasteiger partial charge in [0.05, 0.1) is 11.1 Å². The van der Waals surface area contributed by atoms with Gasteiger partial charge in [-0.3, -0.25) is 14.4 Å². The molecule has 2 aromatic carbocycles. The molecule has 2 atom stereocenters.